The molecule has 1 aromatic heterocycles. The lowest BCUT2D eigenvalue weighted by Gasteiger charge is -2.31. The van der Waals surface area contributed by atoms with Gasteiger partial charge in [0.15, 0.2) is 0 Å². The Bertz CT molecular complexity index is 1610. The lowest BCUT2D eigenvalue weighted by atomic mass is 9.83. The number of carbonyl (C=O) groups is 4. The molecule has 2 aromatic carbocycles. The lowest BCUT2D eigenvalue weighted by molar-refractivity contribution is -0.136. The van der Waals surface area contributed by atoms with E-state index < -0.39 is 40.7 Å². The van der Waals surface area contributed by atoms with Crippen LogP contribution in [0.1, 0.15) is 33.6 Å². The quantitative estimate of drug-likeness (QED) is 0.309. The van der Waals surface area contributed by atoms with Gasteiger partial charge in [0.05, 0.1) is 42.0 Å². The van der Waals surface area contributed by atoms with Gasteiger partial charge in [-0.2, -0.15) is 0 Å². The summed E-state index contributed by atoms with van der Waals surface area (Å²) in [7, 11) is 0. The molecule has 218 valence electrons. The Kier molecular flexibility index (Phi) is 7.73. The van der Waals surface area contributed by atoms with Crippen molar-refractivity contribution >= 4 is 52.5 Å². The van der Waals surface area contributed by atoms with Crippen LogP contribution >= 0.6 is 23.1 Å². The van der Waals surface area contributed by atoms with E-state index in [1.165, 1.54) is 41.0 Å². The van der Waals surface area contributed by atoms with Crippen LogP contribution in [-0.4, -0.2) is 71.3 Å². The van der Waals surface area contributed by atoms with Crippen molar-refractivity contribution in [3.05, 3.63) is 80.0 Å². The van der Waals surface area contributed by atoms with Crippen LogP contribution in [0.25, 0.3) is 0 Å². The van der Waals surface area contributed by atoms with Crippen LogP contribution in [0, 0.1) is 11.7 Å². The molecule has 0 saturated carbocycles. The van der Waals surface area contributed by atoms with Gasteiger partial charge in [-0.15, -0.1) is 0 Å². The van der Waals surface area contributed by atoms with Crippen molar-refractivity contribution in [1.29, 1.82) is 0 Å². The maximum absolute atomic E-state index is 14.0. The number of morpholine rings is 1. The van der Waals surface area contributed by atoms with E-state index in [-0.39, 0.29) is 29.5 Å². The molecule has 13 heteroatoms. The van der Waals surface area contributed by atoms with Crippen molar-refractivity contribution in [1.82, 2.24) is 9.47 Å². The van der Waals surface area contributed by atoms with E-state index >= 15 is 0 Å². The van der Waals surface area contributed by atoms with E-state index in [0.29, 0.717) is 47.5 Å². The van der Waals surface area contributed by atoms with E-state index in [9.17, 15) is 28.4 Å². The fraction of sp³-hybridized carbons (Fsp3) is 0.345. The van der Waals surface area contributed by atoms with Gasteiger partial charge >= 0.3 is 10.8 Å². The van der Waals surface area contributed by atoms with Gasteiger partial charge in [0.2, 0.25) is 17.7 Å². The minimum absolute atomic E-state index is 0.202. The van der Waals surface area contributed by atoms with Gasteiger partial charge in [-0.1, -0.05) is 35.2 Å². The second kappa shape index (κ2) is 11.5. The number of hydrogen-bond acceptors (Lipinski definition) is 9. The number of amides is 3. The number of fused-ring (bicyclic) bond motifs is 2. The zero-order valence-electron chi connectivity index (χ0n) is 22.5. The minimum atomic E-state index is -0.886. The van der Waals surface area contributed by atoms with E-state index in [4.69, 9.17) is 9.47 Å². The van der Waals surface area contributed by atoms with Gasteiger partial charge in [-0.25, -0.2) is 14.1 Å². The molecule has 3 aromatic rings. The van der Waals surface area contributed by atoms with Gasteiger partial charge in [-0.05, 0) is 48.9 Å². The number of thiazole rings is 1. The molecule has 0 bridgehead atoms. The minimum Gasteiger partial charge on any atom is -0.462 e. The number of anilines is 1. The maximum Gasteiger partial charge on any atom is 0.338 e. The number of carbonyl (C=O) groups excluding carboxylic acids is 4. The Balaban J connectivity index is 1.38. The predicted molar refractivity (Wildman–Crippen MR) is 152 cm³/mol. The average molecular weight is 612 g/mol. The topological polar surface area (TPSA) is 115 Å². The normalized spacial score (nSPS) is 21.7. The highest BCUT2D eigenvalue weighted by Crippen LogP contribution is 2.53. The highest BCUT2D eigenvalue weighted by molar-refractivity contribution is 8.00. The summed E-state index contributed by atoms with van der Waals surface area (Å²) < 4.78 is 25.6. The van der Waals surface area contributed by atoms with Crippen LogP contribution in [0.3, 0.4) is 0 Å². The summed E-state index contributed by atoms with van der Waals surface area (Å²) in [6, 6.07) is 11.7. The first-order valence-electron chi connectivity index (χ1n) is 13.4. The van der Waals surface area contributed by atoms with Gasteiger partial charge in [0, 0.05) is 23.9 Å². The summed E-state index contributed by atoms with van der Waals surface area (Å²) in [5, 5.41) is -0.425. The standard InChI is InChI=1S/C29H26FN3O7S2/c1-2-40-28(37)17-5-9-19(10-6-17)33-25(35)22-21(16-3-7-18(30)8-4-16)24-27(41-23(22)26(33)36)32(29(38)42-24)15-20(34)31-11-13-39-14-12-31/h3-10,21-23H,2,11-15H2,1H3/t21-,22-,23+/m0/s1. The third kappa shape index (κ3) is 4.95. The largest absolute Gasteiger partial charge is 0.462 e. The van der Waals surface area contributed by atoms with E-state index in [2.05, 4.69) is 0 Å². The van der Waals surface area contributed by atoms with Crippen molar-refractivity contribution in [2.75, 3.05) is 37.8 Å². The lowest BCUT2D eigenvalue weighted by Crippen LogP contribution is -2.43. The number of ether oxygens (including phenoxy) is 2. The summed E-state index contributed by atoms with van der Waals surface area (Å²) in [5.41, 5.74) is 1.17. The van der Waals surface area contributed by atoms with Gasteiger partial charge in [-0.3, -0.25) is 23.7 Å². The fourth-order valence-corrected chi connectivity index (χ4v) is 8.32. The van der Waals surface area contributed by atoms with Crippen molar-refractivity contribution in [3.8, 4) is 0 Å². The van der Waals surface area contributed by atoms with E-state index in [1.807, 2.05) is 0 Å². The molecular weight excluding hydrogens is 585 g/mol. The first kappa shape index (κ1) is 28.3. The van der Waals surface area contributed by atoms with Crippen LogP contribution < -0.4 is 9.77 Å². The number of thioether (sulfide) groups is 1. The average Bonchev–Trinajstić information content (AvgIpc) is 3.44. The number of aromatic nitrogens is 1. The molecule has 3 aliphatic heterocycles. The van der Waals surface area contributed by atoms with Crippen LogP contribution in [0.4, 0.5) is 10.1 Å². The van der Waals surface area contributed by atoms with E-state index in [0.717, 1.165) is 28.0 Å². The van der Waals surface area contributed by atoms with Gasteiger partial charge < -0.3 is 14.4 Å². The third-order valence-electron chi connectivity index (χ3n) is 7.57. The summed E-state index contributed by atoms with van der Waals surface area (Å²) in [6.45, 7) is 3.39. The molecule has 0 radical (unpaired) electrons. The number of benzene rings is 2. The highest BCUT2D eigenvalue weighted by Gasteiger charge is 2.56. The van der Waals surface area contributed by atoms with Crippen LogP contribution in [0.5, 0.6) is 0 Å². The first-order chi connectivity index (χ1) is 20.3. The molecule has 0 N–H and O–H groups in total. The Morgan fingerprint density at radius 3 is 2.36 bits per heavy atom. The van der Waals surface area contributed by atoms with Crippen LogP contribution in [0.2, 0.25) is 0 Å². The Morgan fingerprint density at radius 2 is 1.69 bits per heavy atom. The fourth-order valence-electron chi connectivity index (χ4n) is 5.55. The molecular formula is C29H26FN3O7S2. The maximum atomic E-state index is 14.0. The van der Waals surface area contributed by atoms with Crippen molar-refractivity contribution < 1.29 is 33.0 Å². The summed E-state index contributed by atoms with van der Waals surface area (Å²) in [5.74, 6) is -3.72. The molecule has 3 aliphatic rings. The molecule has 0 unspecified atom stereocenters. The van der Waals surface area contributed by atoms with Crippen LogP contribution in [-0.2, 0) is 30.4 Å². The second-order valence-corrected chi connectivity index (χ2v) is 12.1. The number of nitrogens with zero attached hydrogens (tertiary/aromatic N) is 3. The first-order valence-corrected chi connectivity index (χ1v) is 15.1. The number of halogens is 1. The van der Waals surface area contributed by atoms with Crippen molar-refractivity contribution in [2.24, 2.45) is 5.92 Å². The summed E-state index contributed by atoms with van der Waals surface area (Å²) in [6.07, 6.45) is 0. The Hall–Kier alpha value is -3.81. The molecule has 0 spiro atoms. The number of imide groups is 1. The zero-order valence-corrected chi connectivity index (χ0v) is 24.1. The monoisotopic (exact) mass is 611 g/mol. The molecule has 4 heterocycles. The predicted octanol–water partition coefficient (Wildman–Crippen LogP) is 2.88. The molecule has 42 heavy (non-hydrogen) atoms. The molecule has 10 nitrogen and oxygen atoms in total. The van der Waals surface area contributed by atoms with Gasteiger partial charge in [0.1, 0.15) is 17.6 Å². The Labute approximate surface area is 248 Å². The second-order valence-electron chi connectivity index (χ2n) is 9.99. The van der Waals surface area contributed by atoms with Crippen molar-refractivity contribution in [3.63, 3.8) is 0 Å². The smallest absolute Gasteiger partial charge is 0.338 e. The van der Waals surface area contributed by atoms with E-state index in [1.54, 1.807) is 24.0 Å². The number of esters is 1. The highest BCUT2D eigenvalue weighted by atomic mass is 32.2. The molecule has 2 saturated heterocycles. The molecule has 2 fully saturated rings. The molecule has 6 rings (SSSR count). The SMILES string of the molecule is CCOC(=O)c1ccc(N2C(=O)[C@H]3[C@H](c4ccc(F)cc4)c4sc(=O)n(CC(=O)N5CCOCC5)c4S[C@H]3C2=O)cc1. The summed E-state index contributed by atoms with van der Waals surface area (Å²) in [4.78, 5) is 69.2. The van der Waals surface area contributed by atoms with Crippen molar-refractivity contribution in [2.45, 2.75) is 29.7 Å². The Morgan fingerprint density at radius 1 is 1.00 bits per heavy atom. The molecule has 3 amide bonds. The van der Waals surface area contributed by atoms with Crippen LogP contribution in [0.15, 0.2) is 58.4 Å². The summed E-state index contributed by atoms with van der Waals surface area (Å²) >= 11 is 2.04. The zero-order chi connectivity index (χ0) is 29.5. The number of rotatable bonds is 6. The van der Waals surface area contributed by atoms with Gasteiger partial charge in [0.25, 0.3) is 0 Å². The third-order valence-corrected chi connectivity index (χ3v) is 10.2. The molecule has 3 atom stereocenters. The number of hydrogen-bond donors (Lipinski definition) is 0. The molecule has 0 aliphatic carbocycles.